The number of imidazole rings is 1. The molecule has 2 aromatic rings. The van der Waals surface area contributed by atoms with Gasteiger partial charge in [-0.1, -0.05) is 22.9 Å². The van der Waals surface area contributed by atoms with Gasteiger partial charge in [0.1, 0.15) is 5.82 Å². The minimum absolute atomic E-state index is 0.0566. The summed E-state index contributed by atoms with van der Waals surface area (Å²) in [4.78, 5) is 4.72. The van der Waals surface area contributed by atoms with Crippen LogP contribution in [0.2, 0.25) is 0 Å². The Hall–Kier alpha value is -0.540. The molecule has 0 amide bonds. The van der Waals surface area contributed by atoms with Gasteiger partial charge < -0.3 is 4.57 Å². The summed E-state index contributed by atoms with van der Waals surface area (Å²) in [5.41, 5.74) is 2.72. The van der Waals surface area contributed by atoms with Gasteiger partial charge in [0.15, 0.2) is 0 Å². The molecule has 0 aliphatic heterocycles. The average Bonchev–Trinajstić information content (AvgIpc) is 3.06. The largest absolute Gasteiger partial charge is 0.326 e. The standard InChI is InChI=1S/C15H18BrClN2/c1-3-15(6-7-15)9-19-13-5-4-11(16)8-12(13)18-14(19)10(2)17/h4-5,8,10H,3,6-7,9H2,1-2H3. The van der Waals surface area contributed by atoms with Crippen LogP contribution in [0.1, 0.15) is 44.3 Å². The van der Waals surface area contributed by atoms with Gasteiger partial charge in [-0.3, -0.25) is 0 Å². The number of benzene rings is 1. The highest BCUT2D eigenvalue weighted by molar-refractivity contribution is 9.10. The summed E-state index contributed by atoms with van der Waals surface area (Å²) in [5.74, 6) is 0.995. The minimum Gasteiger partial charge on any atom is -0.326 e. The van der Waals surface area contributed by atoms with E-state index in [1.54, 1.807) is 0 Å². The fraction of sp³-hybridized carbons (Fsp3) is 0.533. The number of alkyl halides is 1. The van der Waals surface area contributed by atoms with Gasteiger partial charge in [0.05, 0.1) is 16.4 Å². The predicted octanol–water partition coefficient (Wildman–Crippen LogP) is 5.29. The Morgan fingerprint density at radius 1 is 1.47 bits per heavy atom. The fourth-order valence-electron chi connectivity index (χ4n) is 2.73. The third-order valence-corrected chi connectivity index (χ3v) is 4.98. The molecule has 3 rings (SSSR count). The SMILES string of the molecule is CCC1(Cn2c(C(C)Cl)nc3cc(Br)ccc32)CC1. The molecule has 1 aromatic heterocycles. The third kappa shape index (κ3) is 2.43. The fourth-order valence-corrected chi connectivity index (χ4v) is 3.24. The molecule has 0 radical (unpaired) electrons. The molecule has 4 heteroatoms. The molecular weight excluding hydrogens is 324 g/mol. The van der Waals surface area contributed by atoms with Crippen molar-refractivity contribution < 1.29 is 0 Å². The molecule has 1 fully saturated rings. The number of hydrogen-bond acceptors (Lipinski definition) is 1. The Kier molecular flexibility index (Phi) is 3.38. The summed E-state index contributed by atoms with van der Waals surface area (Å²) in [7, 11) is 0. The van der Waals surface area contributed by atoms with Gasteiger partial charge in [0, 0.05) is 11.0 Å². The number of halogens is 2. The summed E-state index contributed by atoms with van der Waals surface area (Å²) in [6, 6.07) is 6.29. The highest BCUT2D eigenvalue weighted by atomic mass is 79.9. The number of fused-ring (bicyclic) bond motifs is 1. The van der Waals surface area contributed by atoms with Gasteiger partial charge in [0.2, 0.25) is 0 Å². The molecule has 1 atom stereocenters. The molecule has 0 N–H and O–H groups in total. The Bertz CT molecular complexity index is 614. The third-order valence-electron chi connectivity index (χ3n) is 4.30. The number of nitrogens with zero attached hydrogens (tertiary/aromatic N) is 2. The average molecular weight is 342 g/mol. The van der Waals surface area contributed by atoms with Crippen molar-refractivity contribution in [2.75, 3.05) is 0 Å². The van der Waals surface area contributed by atoms with E-state index in [4.69, 9.17) is 16.6 Å². The molecule has 1 aliphatic rings. The normalized spacial score (nSPS) is 18.7. The van der Waals surface area contributed by atoms with Crippen molar-refractivity contribution in [3.8, 4) is 0 Å². The van der Waals surface area contributed by atoms with Crippen LogP contribution in [0.4, 0.5) is 0 Å². The van der Waals surface area contributed by atoms with Crippen molar-refractivity contribution >= 4 is 38.6 Å². The van der Waals surface area contributed by atoms with Crippen molar-refractivity contribution in [1.29, 1.82) is 0 Å². The minimum atomic E-state index is -0.0566. The van der Waals surface area contributed by atoms with Crippen molar-refractivity contribution in [2.45, 2.75) is 45.0 Å². The van der Waals surface area contributed by atoms with Crippen LogP contribution in [0, 0.1) is 5.41 Å². The van der Waals surface area contributed by atoms with Crippen LogP contribution in [-0.2, 0) is 6.54 Å². The lowest BCUT2D eigenvalue weighted by atomic mass is 10.0. The molecule has 19 heavy (non-hydrogen) atoms. The van der Waals surface area contributed by atoms with Crippen molar-refractivity contribution in [3.05, 3.63) is 28.5 Å². The van der Waals surface area contributed by atoms with Gasteiger partial charge in [-0.15, -0.1) is 11.6 Å². The Morgan fingerprint density at radius 3 is 2.79 bits per heavy atom. The highest BCUT2D eigenvalue weighted by Gasteiger charge is 2.41. The smallest absolute Gasteiger partial charge is 0.127 e. The second-order valence-electron chi connectivity index (χ2n) is 5.66. The van der Waals surface area contributed by atoms with E-state index in [-0.39, 0.29) is 5.38 Å². The summed E-state index contributed by atoms with van der Waals surface area (Å²) >= 11 is 9.83. The molecular formula is C15H18BrClN2. The van der Waals surface area contributed by atoms with Crippen LogP contribution in [0.5, 0.6) is 0 Å². The van der Waals surface area contributed by atoms with Gasteiger partial charge >= 0.3 is 0 Å². The van der Waals surface area contributed by atoms with E-state index in [1.165, 1.54) is 24.8 Å². The van der Waals surface area contributed by atoms with Crippen LogP contribution in [0.3, 0.4) is 0 Å². The van der Waals surface area contributed by atoms with Crippen LogP contribution in [-0.4, -0.2) is 9.55 Å². The summed E-state index contributed by atoms with van der Waals surface area (Å²) < 4.78 is 3.39. The maximum Gasteiger partial charge on any atom is 0.127 e. The summed E-state index contributed by atoms with van der Waals surface area (Å²) in [6.45, 7) is 5.33. The lowest BCUT2D eigenvalue weighted by Gasteiger charge is -2.17. The summed E-state index contributed by atoms with van der Waals surface area (Å²) in [6.07, 6.45) is 3.89. The number of aromatic nitrogens is 2. The first-order valence-electron chi connectivity index (χ1n) is 6.84. The molecule has 1 heterocycles. The molecule has 0 saturated heterocycles. The van der Waals surface area contributed by atoms with Gasteiger partial charge in [-0.05, 0) is 49.8 Å². The van der Waals surface area contributed by atoms with Crippen LogP contribution >= 0.6 is 27.5 Å². The van der Waals surface area contributed by atoms with Crippen molar-refractivity contribution in [3.63, 3.8) is 0 Å². The van der Waals surface area contributed by atoms with Crippen LogP contribution in [0.25, 0.3) is 11.0 Å². The highest BCUT2D eigenvalue weighted by Crippen LogP contribution is 2.50. The summed E-state index contributed by atoms with van der Waals surface area (Å²) in [5, 5.41) is -0.0566. The second kappa shape index (κ2) is 4.78. The molecule has 1 saturated carbocycles. The molecule has 1 unspecified atom stereocenters. The first kappa shape index (κ1) is 13.4. The quantitative estimate of drug-likeness (QED) is 0.691. The van der Waals surface area contributed by atoms with Gasteiger partial charge in [-0.2, -0.15) is 0 Å². The van der Waals surface area contributed by atoms with E-state index >= 15 is 0 Å². The first-order chi connectivity index (χ1) is 9.04. The van der Waals surface area contributed by atoms with Gasteiger partial charge in [0.25, 0.3) is 0 Å². The lowest BCUT2D eigenvalue weighted by Crippen LogP contribution is -2.13. The predicted molar refractivity (Wildman–Crippen MR) is 83.7 cm³/mol. The number of rotatable bonds is 4. The maximum absolute atomic E-state index is 6.32. The zero-order valence-electron chi connectivity index (χ0n) is 11.3. The molecule has 102 valence electrons. The maximum atomic E-state index is 6.32. The topological polar surface area (TPSA) is 17.8 Å². The lowest BCUT2D eigenvalue weighted by molar-refractivity contribution is 0.407. The van der Waals surface area contributed by atoms with E-state index < -0.39 is 0 Å². The van der Waals surface area contributed by atoms with E-state index in [0.717, 1.165) is 22.4 Å². The monoisotopic (exact) mass is 340 g/mol. The van der Waals surface area contributed by atoms with E-state index in [0.29, 0.717) is 5.41 Å². The van der Waals surface area contributed by atoms with Crippen LogP contribution < -0.4 is 0 Å². The Labute approximate surface area is 127 Å². The Morgan fingerprint density at radius 2 is 2.21 bits per heavy atom. The first-order valence-corrected chi connectivity index (χ1v) is 8.07. The zero-order valence-corrected chi connectivity index (χ0v) is 13.6. The molecule has 0 spiro atoms. The van der Waals surface area contributed by atoms with Crippen LogP contribution in [0.15, 0.2) is 22.7 Å². The number of hydrogen-bond donors (Lipinski definition) is 0. The Balaban J connectivity index is 2.11. The zero-order chi connectivity index (χ0) is 13.6. The van der Waals surface area contributed by atoms with E-state index in [9.17, 15) is 0 Å². The molecule has 1 aliphatic carbocycles. The van der Waals surface area contributed by atoms with Crippen molar-refractivity contribution in [2.24, 2.45) is 5.41 Å². The molecule has 1 aromatic carbocycles. The molecule has 2 nitrogen and oxygen atoms in total. The van der Waals surface area contributed by atoms with E-state index in [2.05, 4.69) is 45.6 Å². The van der Waals surface area contributed by atoms with Gasteiger partial charge in [-0.25, -0.2) is 4.98 Å². The second-order valence-corrected chi connectivity index (χ2v) is 7.23. The molecule has 0 bridgehead atoms. The van der Waals surface area contributed by atoms with Crippen molar-refractivity contribution in [1.82, 2.24) is 9.55 Å². The van der Waals surface area contributed by atoms with E-state index in [1.807, 2.05) is 6.92 Å².